The highest BCUT2D eigenvalue weighted by molar-refractivity contribution is 6.02. The largest absolute Gasteiger partial charge is 0.467 e. The van der Waals surface area contributed by atoms with Crippen molar-refractivity contribution >= 4 is 17.8 Å². The van der Waals surface area contributed by atoms with Crippen LogP contribution in [-0.2, 0) is 19.1 Å². The molecular formula is C16H22N4O5. The van der Waals surface area contributed by atoms with Gasteiger partial charge in [0.15, 0.2) is 6.04 Å². The second-order valence-corrected chi connectivity index (χ2v) is 6.00. The fourth-order valence-corrected chi connectivity index (χ4v) is 1.56. The van der Waals surface area contributed by atoms with Crippen molar-refractivity contribution in [3.05, 3.63) is 36.6 Å². The highest BCUT2D eigenvalue weighted by Gasteiger charge is 2.26. The maximum Gasteiger partial charge on any atom is 0.330 e. The SMILES string of the molecule is C=C(NC(=O)c1cnccn1)C(=O)N[C@@H](COC(C)(C)C)C(=O)OC. The van der Waals surface area contributed by atoms with Gasteiger partial charge in [-0.3, -0.25) is 14.6 Å². The number of carbonyl (C=O) groups excluding carboxylic acids is 3. The Morgan fingerprint density at radius 3 is 2.48 bits per heavy atom. The quantitative estimate of drug-likeness (QED) is 0.532. The molecule has 9 nitrogen and oxygen atoms in total. The molecule has 2 N–H and O–H groups in total. The van der Waals surface area contributed by atoms with E-state index in [0.29, 0.717) is 0 Å². The fraction of sp³-hybridized carbons (Fsp3) is 0.438. The highest BCUT2D eigenvalue weighted by atomic mass is 16.5. The van der Waals surface area contributed by atoms with Crippen LogP contribution >= 0.6 is 0 Å². The molecule has 0 aliphatic heterocycles. The lowest BCUT2D eigenvalue weighted by Crippen LogP contribution is -2.48. The van der Waals surface area contributed by atoms with Crippen molar-refractivity contribution in [1.29, 1.82) is 0 Å². The monoisotopic (exact) mass is 350 g/mol. The minimum Gasteiger partial charge on any atom is -0.467 e. The molecule has 1 atom stereocenters. The summed E-state index contributed by atoms with van der Waals surface area (Å²) >= 11 is 0. The van der Waals surface area contributed by atoms with Crippen LogP contribution in [0.4, 0.5) is 0 Å². The van der Waals surface area contributed by atoms with Crippen molar-refractivity contribution in [3.63, 3.8) is 0 Å². The fourth-order valence-electron chi connectivity index (χ4n) is 1.56. The van der Waals surface area contributed by atoms with E-state index in [0.717, 1.165) is 0 Å². The van der Waals surface area contributed by atoms with E-state index in [1.54, 1.807) is 0 Å². The van der Waals surface area contributed by atoms with Crippen LogP contribution in [-0.4, -0.2) is 53.1 Å². The van der Waals surface area contributed by atoms with Crippen molar-refractivity contribution < 1.29 is 23.9 Å². The van der Waals surface area contributed by atoms with Gasteiger partial charge in [-0.15, -0.1) is 0 Å². The molecular weight excluding hydrogens is 328 g/mol. The van der Waals surface area contributed by atoms with Gasteiger partial charge in [0.2, 0.25) is 0 Å². The van der Waals surface area contributed by atoms with Crippen molar-refractivity contribution in [2.24, 2.45) is 0 Å². The smallest absolute Gasteiger partial charge is 0.330 e. The van der Waals surface area contributed by atoms with Crippen LogP contribution in [0.2, 0.25) is 0 Å². The Bertz CT molecular complexity index is 640. The van der Waals surface area contributed by atoms with Crippen molar-refractivity contribution in [1.82, 2.24) is 20.6 Å². The molecule has 25 heavy (non-hydrogen) atoms. The third-order valence-corrected chi connectivity index (χ3v) is 2.81. The number of hydrogen-bond donors (Lipinski definition) is 2. The van der Waals surface area contributed by atoms with Crippen LogP contribution in [0.25, 0.3) is 0 Å². The Balaban J connectivity index is 2.67. The number of esters is 1. The summed E-state index contributed by atoms with van der Waals surface area (Å²) < 4.78 is 10.1. The van der Waals surface area contributed by atoms with E-state index in [1.807, 2.05) is 20.8 Å². The molecule has 0 saturated heterocycles. The van der Waals surface area contributed by atoms with Gasteiger partial charge in [-0.1, -0.05) is 6.58 Å². The molecule has 0 saturated carbocycles. The minimum absolute atomic E-state index is 0.0250. The topological polar surface area (TPSA) is 120 Å². The summed E-state index contributed by atoms with van der Waals surface area (Å²) in [6, 6.07) is -1.04. The average Bonchev–Trinajstić information content (AvgIpc) is 2.57. The maximum atomic E-state index is 12.1. The predicted molar refractivity (Wildman–Crippen MR) is 88.3 cm³/mol. The zero-order chi connectivity index (χ0) is 19.0. The standard InChI is InChI=1S/C16H22N4O5/c1-10(19-14(22)11-8-17-6-7-18-11)13(21)20-12(15(23)24-5)9-25-16(2,3)4/h6-8,12H,1,9H2,2-5H3,(H,19,22)(H,20,21)/t12-/m0/s1. The van der Waals surface area contributed by atoms with Crippen molar-refractivity contribution in [2.75, 3.05) is 13.7 Å². The summed E-state index contributed by atoms with van der Waals surface area (Å²) in [5.74, 6) is -2.07. The van der Waals surface area contributed by atoms with Gasteiger partial charge in [0.1, 0.15) is 5.69 Å². The summed E-state index contributed by atoms with van der Waals surface area (Å²) in [5.41, 5.74) is -0.730. The molecule has 1 aromatic rings. The van der Waals surface area contributed by atoms with E-state index in [9.17, 15) is 14.4 Å². The number of nitrogens with zero attached hydrogens (tertiary/aromatic N) is 2. The van der Waals surface area contributed by atoms with Crippen LogP contribution < -0.4 is 10.6 Å². The molecule has 0 radical (unpaired) electrons. The lowest BCUT2D eigenvalue weighted by atomic mass is 10.2. The van der Waals surface area contributed by atoms with Gasteiger partial charge >= 0.3 is 5.97 Å². The van der Waals surface area contributed by atoms with E-state index in [-0.39, 0.29) is 18.0 Å². The number of aromatic nitrogens is 2. The number of nitrogens with one attached hydrogen (secondary N) is 2. The molecule has 0 aliphatic carbocycles. The molecule has 1 rings (SSSR count). The van der Waals surface area contributed by atoms with Gasteiger partial charge in [-0.05, 0) is 20.8 Å². The zero-order valence-corrected chi connectivity index (χ0v) is 14.7. The van der Waals surface area contributed by atoms with Gasteiger partial charge in [0, 0.05) is 12.4 Å². The van der Waals surface area contributed by atoms with Crippen molar-refractivity contribution in [3.8, 4) is 0 Å². The zero-order valence-electron chi connectivity index (χ0n) is 14.7. The predicted octanol–water partition coefficient (Wildman–Crippen LogP) is 0.193. The van der Waals surface area contributed by atoms with E-state index in [4.69, 9.17) is 4.74 Å². The third kappa shape index (κ3) is 7.08. The third-order valence-electron chi connectivity index (χ3n) is 2.81. The molecule has 0 bridgehead atoms. The molecule has 0 fully saturated rings. The number of rotatable bonds is 7. The van der Waals surface area contributed by atoms with Gasteiger partial charge < -0.3 is 20.1 Å². The normalized spacial score (nSPS) is 12.0. The van der Waals surface area contributed by atoms with Gasteiger partial charge in [0.05, 0.1) is 31.2 Å². The van der Waals surface area contributed by atoms with Crippen LogP contribution in [0.15, 0.2) is 30.9 Å². The Morgan fingerprint density at radius 1 is 1.28 bits per heavy atom. The lowest BCUT2D eigenvalue weighted by Gasteiger charge is -2.24. The van der Waals surface area contributed by atoms with Crippen LogP contribution in [0, 0.1) is 0 Å². The highest BCUT2D eigenvalue weighted by Crippen LogP contribution is 2.08. The van der Waals surface area contributed by atoms with E-state index in [1.165, 1.54) is 25.7 Å². The Hall–Kier alpha value is -2.81. The molecule has 0 aromatic carbocycles. The number of hydrogen-bond acceptors (Lipinski definition) is 7. The Kier molecular flexibility index (Phi) is 7.19. The average molecular weight is 350 g/mol. The summed E-state index contributed by atoms with van der Waals surface area (Å²) in [6.45, 7) is 8.82. The molecule has 2 amide bonds. The second kappa shape index (κ2) is 8.88. The van der Waals surface area contributed by atoms with Crippen LogP contribution in [0.3, 0.4) is 0 Å². The van der Waals surface area contributed by atoms with E-state index in [2.05, 4.69) is 31.9 Å². The first kappa shape index (κ1) is 20.2. The maximum absolute atomic E-state index is 12.1. The summed E-state index contributed by atoms with van der Waals surface area (Å²) in [4.78, 5) is 43.4. The van der Waals surface area contributed by atoms with Crippen LogP contribution in [0.1, 0.15) is 31.3 Å². The number of ether oxygens (including phenoxy) is 2. The molecule has 0 aliphatic rings. The van der Waals surface area contributed by atoms with Crippen molar-refractivity contribution in [2.45, 2.75) is 32.4 Å². The van der Waals surface area contributed by atoms with Gasteiger partial charge in [0.25, 0.3) is 11.8 Å². The first-order chi connectivity index (χ1) is 11.6. The summed E-state index contributed by atoms with van der Waals surface area (Å²) in [5, 5.41) is 4.70. The molecule has 0 spiro atoms. The first-order valence-electron chi connectivity index (χ1n) is 7.43. The van der Waals surface area contributed by atoms with E-state index < -0.39 is 29.4 Å². The second-order valence-electron chi connectivity index (χ2n) is 6.00. The lowest BCUT2D eigenvalue weighted by molar-refractivity contribution is -0.148. The summed E-state index contributed by atoms with van der Waals surface area (Å²) in [7, 11) is 1.20. The number of methoxy groups -OCH3 is 1. The van der Waals surface area contributed by atoms with Gasteiger partial charge in [-0.25, -0.2) is 9.78 Å². The van der Waals surface area contributed by atoms with Crippen LogP contribution in [0.5, 0.6) is 0 Å². The number of amides is 2. The minimum atomic E-state index is -1.04. The van der Waals surface area contributed by atoms with E-state index >= 15 is 0 Å². The summed E-state index contributed by atoms with van der Waals surface area (Å²) in [6.07, 6.45) is 4.00. The Morgan fingerprint density at radius 2 is 1.96 bits per heavy atom. The molecule has 1 heterocycles. The molecule has 1 aromatic heterocycles. The molecule has 0 unspecified atom stereocenters. The number of carbonyl (C=O) groups is 3. The molecule has 9 heteroatoms. The molecule has 136 valence electrons. The Labute approximate surface area is 145 Å². The first-order valence-corrected chi connectivity index (χ1v) is 7.43. The van der Waals surface area contributed by atoms with Gasteiger partial charge in [-0.2, -0.15) is 0 Å².